The highest BCUT2D eigenvalue weighted by Gasteiger charge is 2.31. The zero-order chi connectivity index (χ0) is 15.5. The molecule has 2 atom stereocenters. The van der Waals surface area contributed by atoms with Crippen LogP contribution < -0.4 is 5.32 Å². The Balaban J connectivity index is 1.69. The first kappa shape index (κ1) is 14.7. The van der Waals surface area contributed by atoms with E-state index in [1.54, 1.807) is 12.1 Å². The molecule has 0 spiro atoms. The summed E-state index contributed by atoms with van der Waals surface area (Å²) in [6.45, 7) is 0.924. The van der Waals surface area contributed by atoms with Crippen molar-refractivity contribution in [2.24, 2.45) is 0 Å². The molecule has 2 aromatic carbocycles. The molecule has 1 aliphatic rings. The van der Waals surface area contributed by atoms with Crippen LogP contribution in [0.25, 0.3) is 11.1 Å². The number of rotatable bonds is 3. The average molecular weight is 298 g/mol. The second-order valence-electron chi connectivity index (χ2n) is 5.76. The molecule has 3 nitrogen and oxygen atoms in total. The van der Waals surface area contributed by atoms with E-state index >= 15 is 0 Å². The third kappa shape index (κ3) is 3.17. The first-order valence-electron chi connectivity index (χ1n) is 7.42. The molecule has 1 N–H and O–H groups in total. The molecule has 1 fully saturated rings. The third-order valence-electron chi connectivity index (χ3n) is 4.00. The van der Waals surface area contributed by atoms with Gasteiger partial charge in [-0.3, -0.25) is 4.79 Å². The predicted molar refractivity (Wildman–Crippen MR) is 85.5 cm³/mol. The van der Waals surface area contributed by atoms with Gasteiger partial charge < -0.3 is 10.2 Å². The Morgan fingerprint density at radius 3 is 2.27 bits per heavy atom. The maximum Gasteiger partial charge on any atom is 0.251 e. The topological polar surface area (TPSA) is 32.3 Å². The number of nitrogens with zero attached hydrogens (tertiary/aromatic N) is 1. The van der Waals surface area contributed by atoms with Crippen LogP contribution in [0.1, 0.15) is 10.4 Å². The molecule has 1 aliphatic heterocycles. The van der Waals surface area contributed by atoms with Crippen LogP contribution in [-0.4, -0.2) is 43.2 Å². The Morgan fingerprint density at radius 2 is 1.68 bits per heavy atom. The Kier molecular flexibility index (Phi) is 4.20. The van der Waals surface area contributed by atoms with E-state index in [0.717, 1.165) is 11.1 Å². The van der Waals surface area contributed by atoms with Crippen molar-refractivity contribution in [3.8, 4) is 11.1 Å². The highest BCUT2D eigenvalue weighted by atomic mass is 19.1. The zero-order valence-electron chi connectivity index (χ0n) is 12.5. The minimum absolute atomic E-state index is 0.220. The van der Waals surface area contributed by atoms with Crippen molar-refractivity contribution in [1.29, 1.82) is 0 Å². The maximum absolute atomic E-state index is 13.7. The quantitative estimate of drug-likeness (QED) is 0.945. The van der Waals surface area contributed by atoms with E-state index in [1.807, 2.05) is 54.4 Å². The summed E-state index contributed by atoms with van der Waals surface area (Å²) in [6.07, 6.45) is -1.00. The van der Waals surface area contributed by atoms with Crippen LogP contribution in [0.2, 0.25) is 0 Å². The first-order valence-corrected chi connectivity index (χ1v) is 7.42. The predicted octanol–water partition coefficient (Wildman–Crippen LogP) is 2.74. The van der Waals surface area contributed by atoms with E-state index in [4.69, 9.17) is 0 Å². The summed E-state index contributed by atoms with van der Waals surface area (Å²) in [5.74, 6) is -0.220. The van der Waals surface area contributed by atoms with Gasteiger partial charge >= 0.3 is 0 Å². The van der Waals surface area contributed by atoms with Gasteiger partial charge in [-0.1, -0.05) is 42.5 Å². The normalized spacial score (nSPS) is 21.7. The number of nitrogens with one attached hydrogen (secondary N) is 1. The van der Waals surface area contributed by atoms with Gasteiger partial charge in [-0.05, 0) is 30.3 Å². The minimum Gasteiger partial charge on any atom is -0.345 e. The second-order valence-corrected chi connectivity index (χ2v) is 5.76. The van der Waals surface area contributed by atoms with Gasteiger partial charge in [0.2, 0.25) is 0 Å². The van der Waals surface area contributed by atoms with E-state index in [2.05, 4.69) is 5.32 Å². The van der Waals surface area contributed by atoms with Crippen molar-refractivity contribution < 1.29 is 9.18 Å². The highest BCUT2D eigenvalue weighted by Crippen LogP contribution is 2.19. The number of likely N-dealkylation sites (tertiary alicyclic amines) is 1. The van der Waals surface area contributed by atoms with Crippen LogP contribution in [0.5, 0.6) is 0 Å². The number of halogens is 1. The Hall–Kier alpha value is -2.20. The zero-order valence-corrected chi connectivity index (χ0v) is 12.5. The van der Waals surface area contributed by atoms with Gasteiger partial charge in [0.15, 0.2) is 0 Å². The third-order valence-corrected chi connectivity index (χ3v) is 4.00. The van der Waals surface area contributed by atoms with Crippen molar-refractivity contribution >= 4 is 5.91 Å². The largest absolute Gasteiger partial charge is 0.345 e. The summed E-state index contributed by atoms with van der Waals surface area (Å²) in [4.78, 5) is 14.1. The van der Waals surface area contributed by atoms with Gasteiger partial charge in [0.05, 0.1) is 6.04 Å². The van der Waals surface area contributed by atoms with Crippen LogP contribution in [0.15, 0.2) is 54.6 Å². The lowest BCUT2D eigenvalue weighted by molar-refractivity contribution is 0.0923. The maximum atomic E-state index is 13.7. The number of likely N-dealkylation sites (N-methyl/N-ethyl adjacent to an activating group) is 1. The highest BCUT2D eigenvalue weighted by molar-refractivity contribution is 5.95. The minimum atomic E-state index is -1.00. The number of benzene rings is 2. The van der Waals surface area contributed by atoms with Gasteiger partial charge in [-0.15, -0.1) is 0 Å². The molecule has 0 bridgehead atoms. The van der Waals surface area contributed by atoms with Gasteiger partial charge in [0.1, 0.15) is 6.17 Å². The molecule has 2 aromatic rings. The lowest BCUT2D eigenvalue weighted by atomic mass is 10.0. The van der Waals surface area contributed by atoms with Gasteiger partial charge in [-0.25, -0.2) is 4.39 Å². The van der Waals surface area contributed by atoms with E-state index in [1.165, 1.54) is 0 Å². The van der Waals surface area contributed by atoms with Crippen LogP contribution in [0, 0.1) is 0 Å². The van der Waals surface area contributed by atoms with Crippen LogP contribution in [-0.2, 0) is 0 Å². The molecule has 0 aromatic heterocycles. The van der Waals surface area contributed by atoms with Crippen molar-refractivity contribution in [2.75, 3.05) is 20.1 Å². The smallest absolute Gasteiger partial charge is 0.251 e. The number of carbonyl (C=O) groups is 1. The molecule has 0 unspecified atom stereocenters. The molecule has 4 heteroatoms. The number of carbonyl (C=O) groups excluding carboxylic acids is 1. The summed E-state index contributed by atoms with van der Waals surface area (Å²) in [5, 5.41) is 2.78. The lowest BCUT2D eigenvalue weighted by Gasteiger charge is -2.14. The van der Waals surface area contributed by atoms with Crippen LogP contribution in [0.3, 0.4) is 0 Å². The molecule has 22 heavy (non-hydrogen) atoms. The number of alkyl halides is 1. The van der Waals surface area contributed by atoms with E-state index < -0.39 is 12.2 Å². The number of hydrogen-bond acceptors (Lipinski definition) is 2. The summed E-state index contributed by atoms with van der Waals surface area (Å²) in [6, 6.07) is 16.9. The van der Waals surface area contributed by atoms with Gasteiger partial charge in [-0.2, -0.15) is 0 Å². The van der Waals surface area contributed by atoms with Crippen molar-refractivity contribution in [3.63, 3.8) is 0 Å². The van der Waals surface area contributed by atoms with Gasteiger partial charge in [0.25, 0.3) is 5.91 Å². The van der Waals surface area contributed by atoms with Crippen molar-refractivity contribution in [3.05, 3.63) is 60.2 Å². The molecule has 1 heterocycles. The van der Waals surface area contributed by atoms with Crippen molar-refractivity contribution in [2.45, 2.75) is 12.2 Å². The number of amides is 1. The Labute approximate surface area is 129 Å². The standard InChI is InChI=1S/C18H19FN2O/c1-21-11-16(19)17(12-21)20-18(22)15-9-7-14(8-10-15)13-5-3-2-4-6-13/h2-10,16-17H,11-12H2,1H3,(H,20,22)/t16-,17-/m0/s1. The van der Waals surface area contributed by atoms with E-state index in [9.17, 15) is 9.18 Å². The van der Waals surface area contributed by atoms with E-state index in [-0.39, 0.29) is 5.91 Å². The fourth-order valence-electron chi connectivity index (χ4n) is 2.78. The molecule has 0 aliphatic carbocycles. The monoisotopic (exact) mass is 298 g/mol. The molecule has 1 saturated heterocycles. The lowest BCUT2D eigenvalue weighted by Crippen LogP contribution is -2.41. The summed E-state index contributed by atoms with van der Waals surface area (Å²) in [7, 11) is 1.85. The average Bonchev–Trinajstić information content (AvgIpc) is 2.86. The molecule has 114 valence electrons. The fourth-order valence-corrected chi connectivity index (χ4v) is 2.78. The molecular formula is C18H19FN2O. The molecule has 3 rings (SSSR count). The SMILES string of the molecule is CN1C[C@H](NC(=O)c2ccc(-c3ccccc3)cc2)[C@@H](F)C1. The fraction of sp³-hybridized carbons (Fsp3) is 0.278. The number of hydrogen-bond donors (Lipinski definition) is 1. The molecule has 0 radical (unpaired) electrons. The summed E-state index contributed by atoms with van der Waals surface area (Å²) in [5.41, 5.74) is 2.72. The summed E-state index contributed by atoms with van der Waals surface area (Å²) >= 11 is 0. The Morgan fingerprint density at radius 1 is 1.05 bits per heavy atom. The van der Waals surface area contributed by atoms with Gasteiger partial charge in [0, 0.05) is 18.7 Å². The Bertz CT molecular complexity index is 642. The molecular weight excluding hydrogens is 279 g/mol. The second kappa shape index (κ2) is 6.28. The van der Waals surface area contributed by atoms with E-state index in [0.29, 0.717) is 18.7 Å². The summed E-state index contributed by atoms with van der Waals surface area (Å²) < 4.78 is 13.7. The van der Waals surface area contributed by atoms with Crippen LogP contribution in [0.4, 0.5) is 4.39 Å². The van der Waals surface area contributed by atoms with Crippen molar-refractivity contribution in [1.82, 2.24) is 10.2 Å². The van der Waals surface area contributed by atoms with Crippen LogP contribution >= 0.6 is 0 Å². The first-order chi connectivity index (χ1) is 10.6. The molecule has 1 amide bonds. The molecule has 0 saturated carbocycles.